The molecule has 0 radical (unpaired) electrons. The van der Waals surface area contributed by atoms with Crippen LogP contribution < -0.4 is 5.32 Å². The molecule has 0 saturated heterocycles. The van der Waals surface area contributed by atoms with E-state index < -0.39 is 23.6 Å². The van der Waals surface area contributed by atoms with E-state index in [2.05, 4.69) is 5.32 Å². The van der Waals surface area contributed by atoms with Gasteiger partial charge in [0.25, 0.3) is 0 Å². The minimum atomic E-state index is -1.08. The summed E-state index contributed by atoms with van der Waals surface area (Å²) in [5.74, 6) is -2.01. The van der Waals surface area contributed by atoms with Gasteiger partial charge in [-0.05, 0) is 6.42 Å². The van der Waals surface area contributed by atoms with E-state index in [1.807, 2.05) is 6.92 Å². The summed E-state index contributed by atoms with van der Waals surface area (Å²) >= 11 is 5.99. The fraction of sp³-hybridized carbons (Fsp3) is 0.312. The van der Waals surface area contributed by atoms with E-state index in [1.165, 1.54) is 12.1 Å². The van der Waals surface area contributed by atoms with Crippen LogP contribution in [0.15, 0.2) is 35.0 Å². The number of Topliss-reactive ketones (excluding diaryl/α,β-unsaturated/α-hetero) is 2. The van der Waals surface area contributed by atoms with Crippen LogP contribution in [-0.2, 0) is 4.79 Å². The first-order chi connectivity index (χ1) is 10.5. The highest BCUT2D eigenvalue weighted by Crippen LogP contribution is 2.27. The molecule has 6 heteroatoms. The van der Waals surface area contributed by atoms with Crippen LogP contribution in [0.4, 0.5) is 0 Å². The van der Waals surface area contributed by atoms with Crippen molar-refractivity contribution in [2.24, 2.45) is 0 Å². The van der Waals surface area contributed by atoms with Gasteiger partial charge in [-0.1, -0.05) is 55.6 Å². The molecule has 22 heavy (non-hydrogen) atoms. The van der Waals surface area contributed by atoms with E-state index in [-0.39, 0.29) is 21.9 Å². The zero-order chi connectivity index (χ0) is 16.3. The molecule has 2 N–H and O–H groups in total. The number of allylic oxidation sites excluding steroid dienone is 2. The van der Waals surface area contributed by atoms with Crippen LogP contribution in [0, 0.1) is 0 Å². The molecule has 1 aromatic carbocycles. The molecular formula is C16H16ClNO4. The number of aliphatic carboxylic acids is 1. The van der Waals surface area contributed by atoms with Crippen LogP contribution in [-0.4, -0.2) is 28.7 Å². The lowest BCUT2D eigenvalue weighted by molar-refractivity contribution is -0.139. The van der Waals surface area contributed by atoms with Gasteiger partial charge in [0.15, 0.2) is 0 Å². The SMILES string of the molecule is CCCC[C@@H](NC1=C(Cl)C(=O)c2ccccc2C1=O)C(=O)O. The van der Waals surface area contributed by atoms with Crippen LogP contribution in [0.1, 0.15) is 46.9 Å². The van der Waals surface area contributed by atoms with Gasteiger partial charge in [-0.15, -0.1) is 0 Å². The average molecular weight is 322 g/mol. The van der Waals surface area contributed by atoms with Gasteiger partial charge in [-0.3, -0.25) is 9.59 Å². The number of carbonyl (C=O) groups excluding carboxylic acids is 2. The first-order valence-electron chi connectivity index (χ1n) is 7.05. The lowest BCUT2D eigenvalue weighted by atomic mass is 9.92. The van der Waals surface area contributed by atoms with Crippen LogP contribution in [0.2, 0.25) is 0 Å². The first-order valence-corrected chi connectivity index (χ1v) is 7.42. The summed E-state index contributed by atoms with van der Waals surface area (Å²) < 4.78 is 0. The van der Waals surface area contributed by atoms with Crippen molar-refractivity contribution in [3.8, 4) is 0 Å². The molecular weight excluding hydrogens is 306 g/mol. The van der Waals surface area contributed by atoms with Gasteiger partial charge < -0.3 is 10.4 Å². The molecule has 0 fully saturated rings. The zero-order valence-electron chi connectivity index (χ0n) is 12.1. The molecule has 0 bridgehead atoms. The van der Waals surface area contributed by atoms with Gasteiger partial charge in [0, 0.05) is 11.1 Å². The smallest absolute Gasteiger partial charge is 0.326 e. The summed E-state index contributed by atoms with van der Waals surface area (Å²) in [6.45, 7) is 1.94. The maximum Gasteiger partial charge on any atom is 0.326 e. The molecule has 0 heterocycles. The first kappa shape index (κ1) is 16.2. The fourth-order valence-electron chi connectivity index (χ4n) is 2.31. The number of rotatable bonds is 6. The summed E-state index contributed by atoms with van der Waals surface area (Å²) in [6.07, 6.45) is 1.87. The van der Waals surface area contributed by atoms with Crippen molar-refractivity contribution >= 4 is 29.1 Å². The Bertz CT molecular complexity index is 666. The molecule has 0 unspecified atom stereocenters. The number of benzene rings is 1. The number of hydrogen-bond donors (Lipinski definition) is 2. The van der Waals surface area contributed by atoms with E-state index in [9.17, 15) is 19.5 Å². The van der Waals surface area contributed by atoms with Crippen molar-refractivity contribution in [3.63, 3.8) is 0 Å². The molecule has 1 aliphatic carbocycles. The number of hydrogen-bond acceptors (Lipinski definition) is 4. The predicted octanol–water partition coefficient (Wildman–Crippen LogP) is 2.75. The second-order valence-corrected chi connectivity index (χ2v) is 5.45. The Hall–Kier alpha value is -2.14. The number of halogens is 1. The highest BCUT2D eigenvalue weighted by atomic mass is 35.5. The van der Waals surface area contributed by atoms with Crippen LogP contribution in [0.5, 0.6) is 0 Å². The van der Waals surface area contributed by atoms with Crippen LogP contribution in [0.25, 0.3) is 0 Å². The van der Waals surface area contributed by atoms with Gasteiger partial charge >= 0.3 is 5.97 Å². The van der Waals surface area contributed by atoms with E-state index >= 15 is 0 Å². The summed E-state index contributed by atoms with van der Waals surface area (Å²) in [7, 11) is 0. The van der Waals surface area contributed by atoms with Gasteiger partial charge in [0.1, 0.15) is 16.8 Å². The molecule has 0 aliphatic heterocycles. The summed E-state index contributed by atoms with van der Waals surface area (Å²) in [5, 5.41) is 11.6. The highest BCUT2D eigenvalue weighted by molar-refractivity contribution is 6.49. The van der Waals surface area contributed by atoms with E-state index in [0.717, 1.165) is 6.42 Å². The molecule has 0 amide bonds. The van der Waals surface area contributed by atoms with Crippen molar-refractivity contribution in [2.45, 2.75) is 32.2 Å². The van der Waals surface area contributed by atoms with Gasteiger partial charge in [-0.2, -0.15) is 0 Å². The van der Waals surface area contributed by atoms with Crippen molar-refractivity contribution in [1.29, 1.82) is 0 Å². The van der Waals surface area contributed by atoms with E-state index in [0.29, 0.717) is 12.8 Å². The number of ketones is 2. The quantitative estimate of drug-likeness (QED) is 0.841. The van der Waals surface area contributed by atoms with Gasteiger partial charge in [0.2, 0.25) is 11.6 Å². The Balaban J connectivity index is 2.34. The molecule has 1 aromatic rings. The van der Waals surface area contributed by atoms with Gasteiger partial charge in [-0.25, -0.2) is 4.79 Å². The predicted molar refractivity (Wildman–Crippen MR) is 82.1 cm³/mol. The third kappa shape index (κ3) is 3.04. The fourth-order valence-corrected chi connectivity index (χ4v) is 2.56. The van der Waals surface area contributed by atoms with E-state index in [4.69, 9.17) is 11.6 Å². The van der Waals surface area contributed by atoms with E-state index in [1.54, 1.807) is 12.1 Å². The minimum Gasteiger partial charge on any atom is -0.480 e. The molecule has 0 aromatic heterocycles. The van der Waals surface area contributed by atoms with Gasteiger partial charge in [0.05, 0.1) is 0 Å². The standard InChI is InChI=1S/C16H16ClNO4/c1-2-3-8-11(16(21)22)18-13-12(17)14(19)9-6-4-5-7-10(9)15(13)20/h4-7,11,18H,2-3,8H2,1H3,(H,21,22)/t11-/m1/s1. The van der Waals surface area contributed by atoms with Crippen molar-refractivity contribution < 1.29 is 19.5 Å². The third-order valence-corrected chi connectivity index (χ3v) is 3.89. The summed E-state index contributed by atoms with van der Waals surface area (Å²) in [5.41, 5.74) is 0.344. The maximum atomic E-state index is 12.5. The second-order valence-electron chi connectivity index (χ2n) is 5.07. The Morgan fingerprint density at radius 1 is 1.23 bits per heavy atom. The number of fused-ring (bicyclic) bond motifs is 1. The lowest BCUT2D eigenvalue weighted by Crippen LogP contribution is -2.40. The van der Waals surface area contributed by atoms with Crippen LogP contribution in [0.3, 0.4) is 0 Å². The molecule has 0 spiro atoms. The Kier molecular flexibility index (Phi) is 4.98. The maximum absolute atomic E-state index is 12.5. The van der Waals surface area contributed by atoms with Crippen LogP contribution >= 0.6 is 11.6 Å². The Labute approximate surface area is 133 Å². The lowest BCUT2D eigenvalue weighted by Gasteiger charge is -2.22. The van der Waals surface area contributed by atoms with Crippen molar-refractivity contribution in [1.82, 2.24) is 5.32 Å². The molecule has 116 valence electrons. The number of nitrogens with one attached hydrogen (secondary N) is 1. The summed E-state index contributed by atoms with van der Waals surface area (Å²) in [4.78, 5) is 36.0. The minimum absolute atomic E-state index is 0.131. The molecule has 0 saturated carbocycles. The van der Waals surface area contributed by atoms with Crippen molar-refractivity contribution in [3.05, 3.63) is 46.1 Å². The number of carboxylic acid groups (broad SMARTS) is 1. The second kappa shape index (κ2) is 6.75. The Morgan fingerprint density at radius 2 is 1.82 bits per heavy atom. The average Bonchev–Trinajstić information content (AvgIpc) is 2.52. The number of carbonyl (C=O) groups is 3. The number of carboxylic acids is 1. The molecule has 1 aliphatic rings. The topological polar surface area (TPSA) is 83.5 Å². The molecule has 1 atom stereocenters. The Morgan fingerprint density at radius 3 is 2.36 bits per heavy atom. The summed E-state index contributed by atoms with van der Waals surface area (Å²) in [6, 6.07) is 5.40. The number of unbranched alkanes of at least 4 members (excludes halogenated alkanes) is 1. The third-order valence-electron chi connectivity index (χ3n) is 3.53. The van der Waals surface area contributed by atoms with Crippen molar-refractivity contribution in [2.75, 3.05) is 0 Å². The zero-order valence-corrected chi connectivity index (χ0v) is 12.8. The molecule has 5 nitrogen and oxygen atoms in total. The largest absolute Gasteiger partial charge is 0.480 e. The molecule has 2 rings (SSSR count). The monoisotopic (exact) mass is 321 g/mol. The normalized spacial score (nSPS) is 15.5. The highest BCUT2D eigenvalue weighted by Gasteiger charge is 2.33.